The number of allylic oxidation sites excluding steroid dienone is 2. The van der Waals surface area contributed by atoms with Crippen molar-refractivity contribution in [3.8, 4) is 0 Å². The van der Waals surface area contributed by atoms with Crippen LogP contribution in [0, 0.1) is 39.4 Å². The normalized spacial score (nSPS) is 52.3. The van der Waals surface area contributed by atoms with Gasteiger partial charge in [-0.2, -0.15) is 0 Å². The number of hydrogen-bond acceptors (Lipinski definition) is 27. The van der Waals surface area contributed by atoms with E-state index in [-0.39, 0.29) is 71.4 Å². The number of aliphatic hydroxyl groups excluding tert-OH is 10. The molecule has 0 amide bonds. The fraction of sp³-hybridized carbons (Fsp3) is 0.907. The van der Waals surface area contributed by atoms with E-state index in [4.69, 9.17) is 61.0 Å². The van der Waals surface area contributed by atoms with E-state index in [0.29, 0.717) is 32.1 Å². The molecule has 6 aliphatic heterocycles. The van der Waals surface area contributed by atoms with Crippen LogP contribution in [0.3, 0.4) is 0 Å². The Morgan fingerprint density at radius 3 is 1.99 bits per heavy atom. The van der Waals surface area contributed by atoms with Gasteiger partial charge >= 0.3 is 35.5 Å². The van der Waals surface area contributed by atoms with Gasteiger partial charge in [-0.15, -0.1) is 0 Å². The van der Waals surface area contributed by atoms with E-state index in [9.17, 15) is 68.8 Å². The minimum atomic E-state index is -5.49. The van der Waals surface area contributed by atoms with Crippen LogP contribution in [0.1, 0.15) is 87.0 Å². The van der Waals surface area contributed by atoms with Gasteiger partial charge in [-0.25, -0.2) is 8.42 Å². The van der Waals surface area contributed by atoms with Crippen molar-refractivity contribution in [1.29, 1.82) is 0 Å². The molecule has 0 unspecified atom stereocenters. The molecule has 31 atom stereocenters. The summed E-state index contributed by atoms with van der Waals surface area (Å²) in [6.07, 6.45) is -33.9. The molecule has 10 N–H and O–H groups in total. The summed E-state index contributed by atoms with van der Waals surface area (Å²) in [6.45, 7) is 15.8. The Labute approximate surface area is 503 Å². The van der Waals surface area contributed by atoms with Crippen LogP contribution in [0.4, 0.5) is 0 Å². The van der Waals surface area contributed by atoms with E-state index in [1.54, 1.807) is 0 Å². The molecular formula is C54H83NaO27S. The Hall–Kier alpha value is -1.02. The van der Waals surface area contributed by atoms with Crippen molar-refractivity contribution in [2.45, 2.75) is 241 Å². The number of carbonyl (C=O) groups excluding carboxylic acids is 1. The van der Waals surface area contributed by atoms with Gasteiger partial charge in [0.05, 0.1) is 43.5 Å². The summed E-state index contributed by atoms with van der Waals surface area (Å²) in [5.74, 6) is -0.0907. The first-order chi connectivity index (χ1) is 38.4. The molecule has 83 heavy (non-hydrogen) atoms. The monoisotopic (exact) mass is 1220 g/mol. The first-order valence-corrected chi connectivity index (χ1v) is 29.7. The molecule has 6 saturated heterocycles. The zero-order valence-corrected chi connectivity index (χ0v) is 51.0. The van der Waals surface area contributed by atoms with Crippen LogP contribution < -0.4 is 29.6 Å². The summed E-state index contributed by atoms with van der Waals surface area (Å²) in [5, 5.41) is 112. The molecule has 0 radical (unpaired) electrons. The van der Waals surface area contributed by atoms with Gasteiger partial charge in [0.1, 0.15) is 104 Å². The fourth-order valence-electron chi connectivity index (χ4n) is 16.3. The van der Waals surface area contributed by atoms with Crippen LogP contribution in [0.25, 0.3) is 0 Å². The van der Waals surface area contributed by atoms with Gasteiger partial charge in [-0.1, -0.05) is 51.5 Å². The van der Waals surface area contributed by atoms with Gasteiger partial charge in [0.15, 0.2) is 31.5 Å². The number of esters is 1. The topological polar surface area (TPSA) is 397 Å². The number of hydrogen-bond donors (Lipinski definition) is 10. The third-order valence-corrected chi connectivity index (χ3v) is 21.0. The maximum absolute atomic E-state index is 13.8. The Morgan fingerprint density at radius 2 is 1.33 bits per heavy atom. The number of carbonyl (C=O) groups is 1. The Bertz CT molecular complexity index is 2480. The number of aliphatic hydroxyl groups is 10. The summed E-state index contributed by atoms with van der Waals surface area (Å²) in [6, 6.07) is 0. The molecule has 0 aromatic heterocycles. The first-order valence-electron chi connectivity index (χ1n) is 28.4. The van der Waals surface area contributed by atoms with Crippen molar-refractivity contribution >= 4 is 16.4 Å². The van der Waals surface area contributed by atoms with Crippen molar-refractivity contribution in [1.82, 2.24) is 0 Å². The summed E-state index contributed by atoms with van der Waals surface area (Å²) >= 11 is 0. The van der Waals surface area contributed by atoms with Crippen molar-refractivity contribution in [3.05, 3.63) is 23.8 Å². The second kappa shape index (κ2) is 24.6. The van der Waals surface area contributed by atoms with E-state index in [1.807, 2.05) is 6.92 Å². The quantitative estimate of drug-likeness (QED) is 0.0241. The second-order valence-electron chi connectivity index (χ2n) is 25.5. The molecule has 9 fully saturated rings. The zero-order chi connectivity index (χ0) is 59.7. The summed E-state index contributed by atoms with van der Waals surface area (Å²) in [4.78, 5) is 13.8. The zero-order valence-electron chi connectivity index (χ0n) is 48.1. The smallest absolute Gasteiger partial charge is 0.726 e. The summed E-state index contributed by atoms with van der Waals surface area (Å²) < 4.78 is 113. The van der Waals surface area contributed by atoms with E-state index >= 15 is 0 Å². The summed E-state index contributed by atoms with van der Waals surface area (Å²) in [7, 11) is -4.26. The molecule has 468 valence electrons. The van der Waals surface area contributed by atoms with Gasteiger partial charge in [0.25, 0.3) is 0 Å². The minimum Gasteiger partial charge on any atom is -0.726 e. The van der Waals surface area contributed by atoms with Crippen LogP contribution in [0.15, 0.2) is 23.8 Å². The second-order valence-corrected chi connectivity index (χ2v) is 26.5. The van der Waals surface area contributed by atoms with Gasteiger partial charge in [0.2, 0.25) is 10.4 Å². The Kier molecular flexibility index (Phi) is 19.7. The van der Waals surface area contributed by atoms with E-state index in [2.05, 4.69) is 40.3 Å². The molecule has 3 saturated carbocycles. The summed E-state index contributed by atoms with van der Waals surface area (Å²) in [5.41, 5.74) is 0.213. The molecule has 0 aromatic rings. The number of ether oxygens (including phenoxy) is 12. The number of methoxy groups -OCH3 is 1. The SMILES string of the molecule is C=C(C)[C@H]1[C@@H]2C[C@@]3(C)C4=CC[C@H]5C(C)(C)[C@@H](O[C@@H]6OC[C@@H](OS(=O)(=O)[O-])[C@H](O)[C@H]6O[C@@H]6O[C@H](C)[C@@H](O[C@@H]7O[C@H](CO)[C@@H](O)[C@H](O[C@@H]8OC[C@@H](O)[C@H](OC)[C@H]8O)[C@H]7O)[C@H](O)[C@H]6O[C@@H]6O[C@H](C)[C@@H](O)[C@H](O)[C@H]6O)CC[C@]5(C)[C@@H]4CC[C@]13C(=O)O2.[Na+]. The van der Waals surface area contributed by atoms with E-state index in [1.165, 1.54) is 26.5 Å². The van der Waals surface area contributed by atoms with Gasteiger partial charge in [-0.05, 0) is 82.0 Å². The molecule has 27 nitrogen and oxygen atoms in total. The van der Waals surface area contributed by atoms with Crippen LogP contribution >= 0.6 is 0 Å². The van der Waals surface area contributed by atoms with Crippen molar-refractivity contribution in [2.24, 2.45) is 39.4 Å². The van der Waals surface area contributed by atoms with Crippen LogP contribution in [-0.4, -0.2) is 250 Å². The van der Waals surface area contributed by atoms with E-state index < -0.39 is 187 Å². The van der Waals surface area contributed by atoms with Crippen molar-refractivity contribution in [2.75, 3.05) is 26.9 Å². The predicted octanol–water partition coefficient (Wildman–Crippen LogP) is -5.36. The minimum absolute atomic E-state index is 0. The third-order valence-electron chi connectivity index (χ3n) is 20.5. The molecule has 6 heterocycles. The largest absolute Gasteiger partial charge is 1.00 e. The van der Waals surface area contributed by atoms with Crippen LogP contribution in [-0.2, 0) is 76.2 Å². The van der Waals surface area contributed by atoms with Gasteiger partial charge in [-0.3, -0.25) is 8.98 Å². The molecule has 4 aliphatic carbocycles. The first kappa shape index (κ1) is 66.4. The Morgan fingerprint density at radius 1 is 0.711 bits per heavy atom. The van der Waals surface area contributed by atoms with Crippen molar-refractivity contribution in [3.63, 3.8) is 0 Å². The molecule has 29 heteroatoms. The Balaban J connectivity index is 0.00000828. The molecular weight excluding hydrogens is 1140 g/mol. The predicted molar refractivity (Wildman–Crippen MR) is 271 cm³/mol. The van der Waals surface area contributed by atoms with Crippen molar-refractivity contribution < 1.29 is 159 Å². The van der Waals surface area contributed by atoms with Gasteiger partial charge < -0.3 is 112 Å². The molecule has 0 aromatic carbocycles. The average molecular weight is 1220 g/mol. The maximum atomic E-state index is 13.8. The number of rotatable bonds is 15. The van der Waals surface area contributed by atoms with Gasteiger partial charge in [0, 0.05) is 18.4 Å². The molecule has 2 bridgehead atoms. The maximum Gasteiger partial charge on any atom is 1.00 e. The standard InChI is InChI=1S/C54H84O27S.Na/c1-20(2)31-26-16-53(8)24-10-11-29-51(5,6)30(13-14-52(29,7)23(24)12-15-54(31,53)50(65)75-26)76-48-43(34(59)28(19-71-48)81-82(66,67)68)80-49-44(79-46-36(61)35(60)32(57)21(3)72-46)37(62)40(22(4)73-49)77-47-39(64)42(33(58)27(17-55)74-47)78-45-38(63)41(69-9)25(56)18-70-45;/h10,21-23,25-49,55-64H,1,11-19H2,2-9H3,(H,66,67,68);/q;+1/p-1/t21-,22-,23-,25-,26+,27-,28-,29+,30+,31+,32-,33-,34+,35+,36-,37+,38-,39-,40-,41+,42+,43-,44-,45+,46+,47+,48+,49+,52-,53+,54-;/m1./s1. The average Bonchev–Trinajstić information content (AvgIpc) is 1.79. The molecule has 10 aliphatic rings. The number of fused-ring (bicyclic) bond motifs is 5. The molecule has 1 spiro atoms. The van der Waals surface area contributed by atoms with Crippen LogP contribution in [0.5, 0.6) is 0 Å². The molecule has 10 rings (SSSR count). The third kappa shape index (κ3) is 11.3. The van der Waals surface area contributed by atoms with Crippen LogP contribution in [0.2, 0.25) is 0 Å². The fourth-order valence-corrected chi connectivity index (χ4v) is 16.8. The van der Waals surface area contributed by atoms with E-state index in [0.717, 1.165) is 12.0 Å².